The van der Waals surface area contributed by atoms with Crippen LogP contribution in [0.4, 0.5) is 10.6 Å². The molecule has 0 saturated carbocycles. The molecule has 2 fully saturated rings. The number of carbonyl (C=O) groups is 1. The predicted molar refractivity (Wildman–Crippen MR) is 68.9 cm³/mol. The van der Waals surface area contributed by atoms with Gasteiger partial charge in [-0.25, -0.2) is 28.2 Å². The molecule has 104 valence electrons. The molecule has 20 heavy (non-hydrogen) atoms. The highest BCUT2D eigenvalue weighted by atomic mass is 32.2. The fourth-order valence-corrected chi connectivity index (χ4v) is 4.68. The van der Waals surface area contributed by atoms with Crippen LogP contribution in [0.5, 0.6) is 0 Å². The van der Waals surface area contributed by atoms with Crippen LogP contribution in [-0.4, -0.2) is 58.0 Å². The first-order valence-electron chi connectivity index (χ1n) is 5.99. The van der Waals surface area contributed by atoms with Crippen LogP contribution in [0, 0.1) is 0 Å². The number of rotatable bonds is 1. The highest BCUT2D eigenvalue weighted by molar-refractivity contribution is 7.91. The van der Waals surface area contributed by atoms with E-state index in [1.54, 1.807) is 0 Å². The number of sulfone groups is 1. The smallest absolute Gasteiger partial charge is 0.323 e. The third-order valence-corrected chi connectivity index (χ3v) is 5.33. The summed E-state index contributed by atoms with van der Waals surface area (Å²) in [5.74, 6) is 0.266. The van der Waals surface area contributed by atoms with Gasteiger partial charge in [0.2, 0.25) is 0 Å². The Balaban J connectivity index is 1.85. The first-order valence-corrected chi connectivity index (χ1v) is 7.81. The molecule has 0 aromatic carbocycles. The van der Waals surface area contributed by atoms with E-state index < -0.39 is 15.9 Å². The average Bonchev–Trinajstić information content (AvgIpc) is 3.00. The number of nitrogens with one attached hydrogen (secondary N) is 2. The van der Waals surface area contributed by atoms with Gasteiger partial charge in [0.25, 0.3) is 0 Å². The van der Waals surface area contributed by atoms with Crippen LogP contribution in [0.1, 0.15) is 0 Å². The largest absolute Gasteiger partial charge is 0.340 e. The second kappa shape index (κ2) is 3.66. The van der Waals surface area contributed by atoms with Gasteiger partial charge in [0, 0.05) is 0 Å². The Labute approximate surface area is 113 Å². The van der Waals surface area contributed by atoms with Gasteiger partial charge in [-0.3, -0.25) is 4.90 Å². The topological polar surface area (TPSA) is 121 Å². The van der Waals surface area contributed by atoms with Gasteiger partial charge in [-0.1, -0.05) is 0 Å². The zero-order chi connectivity index (χ0) is 13.9. The number of H-pyrrole nitrogens is 1. The minimum absolute atomic E-state index is 0.0306. The number of hydrogen-bond donors (Lipinski definition) is 2. The molecule has 2 aromatic rings. The molecular formula is C10H10N6O3S. The van der Waals surface area contributed by atoms with Crippen molar-refractivity contribution in [2.75, 3.05) is 16.4 Å². The Bertz CT molecular complexity index is 815. The lowest BCUT2D eigenvalue weighted by Crippen LogP contribution is -2.37. The summed E-state index contributed by atoms with van der Waals surface area (Å²) in [5, 5.41) is 2.69. The molecule has 2 atom stereocenters. The van der Waals surface area contributed by atoms with Crippen LogP contribution in [0.2, 0.25) is 0 Å². The molecule has 4 rings (SSSR count). The number of hydrogen-bond acceptors (Lipinski definition) is 6. The van der Waals surface area contributed by atoms with Crippen molar-refractivity contribution in [1.82, 2.24) is 25.3 Å². The molecule has 2 aliphatic rings. The van der Waals surface area contributed by atoms with Crippen molar-refractivity contribution in [2.45, 2.75) is 12.1 Å². The van der Waals surface area contributed by atoms with Crippen LogP contribution in [0.25, 0.3) is 11.2 Å². The van der Waals surface area contributed by atoms with Gasteiger partial charge in [0.05, 0.1) is 29.9 Å². The van der Waals surface area contributed by atoms with Gasteiger partial charge >= 0.3 is 6.03 Å². The third kappa shape index (κ3) is 1.51. The number of anilines is 1. The summed E-state index contributed by atoms with van der Waals surface area (Å²) < 4.78 is 23.4. The molecule has 4 heterocycles. The molecule has 2 saturated heterocycles. The lowest BCUT2D eigenvalue weighted by molar-refractivity contribution is 0.251. The van der Waals surface area contributed by atoms with Crippen LogP contribution < -0.4 is 10.2 Å². The van der Waals surface area contributed by atoms with E-state index in [9.17, 15) is 13.2 Å². The number of fused-ring (bicyclic) bond motifs is 2. The Morgan fingerprint density at radius 1 is 1.25 bits per heavy atom. The van der Waals surface area contributed by atoms with Crippen molar-refractivity contribution in [2.24, 2.45) is 0 Å². The van der Waals surface area contributed by atoms with Crippen molar-refractivity contribution in [3.8, 4) is 0 Å². The molecule has 0 unspecified atom stereocenters. The molecule has 0 spiro atoms. The maximum absolute atomic E-state index is 12.1. The molecule has 0 bridgehead atoms. The molecule has 0 aliphatic carbocycles. The van der Waals surface area contributed by atoms with Crippen LogP contribution in [0.3, 0.4) is 0 Å². The Morgan fingerprint density at radius 2 is 2.10 bits per heavy atom. The van der Waals surface area contributed by atoms with Gasteiger partial charge < -0.3 is 10.3 Å². The summed E-state index contributed by atoms with van der Waals surface area (Å²) in [5.41, 5.74) is 0.958. The van der Waals surface area contributed by atoms with Gasteiger partial charge in [-0.05, 0) is 0 Å². The zero-order valence-corrected chi connectivity index (χ0v) is 11.0. The van der Waals surface area contributed by atoms with E-state index >= 15 is 0 Å². The van der Waals surface area contributed by atoms with Gasteiger partial charge in [-0.2, -0.15) is 0 Å². The summed E-state index contributed by atoms with van der Waals surface area (Å²) in [6, 6.07) is -1.17. The second-order valence-electron chi connectivity index (χ2n) is 4.87. The first kappa shape index (κ1) is 11.6. The average molecular weight is 294 g/mol. The number of aromatic amines is 1. The summed E-state index contributed by atoms with van der Waals surface area (Å²) in [7, 11) is -3.14. The fraction of sp³-hybridized carbons (Fsp3) is 0.400. The number of nitrogens with zero attached hydrogens (tertiary/aromatic N) is 4. The summed E-state index contributed by atoms with van der Waals surface area (Å²) >= 11 is 0. The molecular weight excluding hydrogens is 284 g/mol. The quantitative estimate of drug-likeness (QED) is 0.654. The molecule has 2 amide bonds. The van der Waals surface area contributed by atoms with Crippen LogP contribution >= 0.6 is 0 Å². The molecule has 10 heteroatoms. The minimum atomic E-state index is -3.14. The number of urea groups is 1. The number of carbonyl (C=O) groups excluding carboxylic acids is 1. The maximum Gasteiger partial charge on any atom is 0.323 e. The lowest BCUT2D eigenvalue weighted by atomic mass is 10.2. The first-order chi connectivity index (χ1) is 9.55. The van der Waals surface area contributed by atoms with E-state index in [1.807, 2.05) is 0 Å². The molecule has 9 nitrogen and oxygen atoms in total. The Hall–Kier alpha value is -2.23. The standard InChI is InChI=1S/C10H10N6O3S/c17-10-15-5-1-20(18,19)2-6(5)16(10)9-7-8(12-3-11-7)13-4-14-9/h3-6H,1-2H2,(H,15,17)(H,11,12,13,14)/t5-,6-/m1/s1. The van der Waals surface area contributed by atoms with Crippen molar-refractivity contribution in [3.63, 3.8) is 0 Å². The number of aromatic nitrogens is 4. The monoisotopic (exact) mass is 294 g/mol. The zero-order valence-electron chi connectivity index (χ0n) is 10.1. The predicted octanol–water partition coefficient (Wildman–Crippen LogP) is -0.952. The van der Waals surface area contributed by atoms with Gasteiger partial charge in [0.15, 0.2) is 21.3 Å². The van der Waals surface area contributed by atoms with Gasteiger partial charge in [-0.15, -0.1) is 0 Å². The summed E-state index contributed by atoms with van der Waals surface area (Å²) in [4.78, 5) is 28.5. The van der Waals surface area contributed by atoms with E-state index in [0.29, 0.717) is 17.0 Å². The SMILES string of the molecule is O=C1N[C@@H]2CS(=O)(=O)C[C@H]2N1c1ncnc2nc[nH]c12. The van der Waals surface area contributed by atoms with Crippen LogP contribution in [-0.2, 0) is 9.84 Å². The molecule has 2 aromatic heterocycles. The maximum atomic E-state index is 12.1. The van der Waals surface area contributed by atoms with Crippen LogP contribution in [0.15, 0.2) is 12.7 Å². The minimum Gasteiger partial charge on any atom is -0.340 e. The summed E-state index contributed by atoms with van der Waals surface area (Å²) in [6.07, 6.45) is 2.77. The highest BCUT2D eigenvalue weighted by Gasteiger charge is 2.50. The second-order valence-corrected chi connectivity index (χ2v) is 7.02. The van der Waals surface area contributed by atoms with Crippen molar-refractivity contribution < 1.29 is 13.2 Å². The Morgan fingerprint density at radius 3 is 2.95 bits per heavy atom. The third-order valence-electron chi connectivity index (χ3n) is 3.61. The molecule has 0 radical (unpaired) electrons. The number of amides is 2. The highest BCUT2D eigenvalue weighted by Crippen LogP contribution is 2.30. The summed E-state index contributed by atoms with van der Waals surface area (Å²) in [6.45, 7) is 0. The van der Waals surface area contributed by atoms with E-state index in [-0.39, 0.29) is 23.6 Å². The van der Waals surface area contributed by atoms with Crippen molar-refractivity contribution in [3.05, 3.63) is 12.7 Å². The van der Waals surface area contributed by atoms with Crippen molar-refractivity contribution >= 4 is 32.9 Å². The molecule has 2 N–H and O–H groups in total. The Kier molecular flexibility index (Phi) is 2.12. The normalized spacial score (nSPS) is 27.8. The van der Waals surface area contributed by atoms with E-state index in [0.717, 1.165) is 0 Å². The van der Waals surface area contributed by atoms with E-state index in [2.05, 4.69) is 25.3 Å². The molecule has 2 aliphatic heterocycles. The van der Waals surface area contributed by atoms with Gasteiger partial charge in [0.1, 0.15) is 11.8 Å². The van der Waals surface area contributed by atoms with E-state index in [1.165, 1.54) is 17.6 Å². The van der Waals surface area contributed by atoms with Crippen molar-refractivity contribution in [1.29, 1.82) is 0 Å². The van der Waals surface area contributed by atoms with E-state index in [4.69, 9.17) is 0 Å². The fourth-order valence-electron chi connectivity index (χ4n) is 2.79. The lowest BCUT2D eigenvalue weighted by Gasteiger charge is -2.20. The number of imidazole rings is 1.